The first-order valence-electron chi connectivity index (χ1n) is 10.1. The molecule has 0 aromatic heterocycles. The summed E-state index contributed by atoms with van der Waals surface area (Å²) in [5.74, 6) is 0.917. The highest BCUT2D eigenvalue weighted by Gasteiger charge is 2.14. The van der Waals surface area contributed by atoms with Crippen molar-refractivity contribution >= 4 is 11.6 Å². The van der Waals surface area contributed by atoms with Gasteiger partial charge in [0.1, 0.15) is 5.75 Å². The fourth-order valence-corrected chi connectivity index (χ4v) is 3.45. The lowest BCUT2D eigenvalue weighted by atomic mass is 10.1. The van der Waals surface area contributed by atoms with Crippen molar-refractivity contribution in [2.24, 2.45) is 0 Å². The lowest BCUT2D eigenvalue weighted by Gasteiger charge is -2.29. The quantitative estimate of drug-likeness (QED) is 0.756. The van der Waals surface area contributed by atoms with Crippen LogP contribution >= 0.6 is 0 Å². The third-order valence-corrected chi connectivity index (χ3v) is 5.04. The Bertz CT molecular complexity index is 755. The van der Waals surface area contributed by atoms with Crippen LogP contribution in [0.3, 0.4) is 0 Å². The van der Waals surface area contributed by atoms with E-state index in [1.54, 1.807) is 0 Å². The monoisotopic (exact) mass is 382 g/mol. The third kappa shape index (κ3) is 5.49. The molecule has 3 rings (SSSR count). The van der Waals surface area contributed by atoms with E-state index < -0.39 is 0 Å². The van der Waals surface area contributed by atoms with Gasteiger partial charge in [-0.1, -0.05) is 30.3 Å². The Morgan fingerprint density at radius 3 is 2.57 bits per heavy atom. The Labute approximate surface area is 167 Å². The van der Waals surface area contributed by atoms with Gasteiger partial charge in [0.2, 0.25) is 5.91 Å². The highest BCUT2D eigenvalue weighted by molar-refractivity contribution is 5.76. The van der Waals surface area contributed by atoms with Crippen LogP contribution in [0.25, 0.3) is 0 Å². The topological polar surface area (TPSA) is 50.8 Å². The zero-order valence-electron chi connectivity index (χ0n) is 16.8. The van der Waals surface area contributed by atoms with Crippen LogP contribution in [0.5, 0.6) is 5.75 Å². The van der Waals surface area contributed by atoms with E-state index in [1.807, 2.05) is 38.1 Å². The Morgan fingerprint density at radius 1 is 1.14 bits per heavy atom. The fraction of sp³-hybridized carbons (Fsp3) is 0.435. The van der Waals surface area contributed by atoms with E-state index in [-0.39, 0.29) is 11.9 Å². The smallest absolute Gasteiger partial charge is 0.220 e. The first-order chi connectivity index (χ1) is 13.7. The molecule has 1 amide bonds. The number of anilines is 1. The predicted molar refractivity (Wildman–Crippen MR) is 112 cm³/mol. The van der Waals surface area contributed by atoms with Crippen molar-refractivity contribution in [3.8, 4) is 5.75 Å². The van der Waals surface area contributed by atoms with E-state index in [4.69, 9.17) is 9.47 Å². The van der Waals surface area contributed by atoms with E-state index in [0.29, 0.717) is 19.4 Å². The summed E-state index contributed by atoms with van der Waals surface area (Å²) in [6.07, 6.45) is 1.12. The molecule has 5 heteroatoms. The molecule has 1 N–H and O–H groups in total. The SMILES string of the molecule is CCOc1ccccc1CCC(=O)N[C@@H](C)c1ccc(N2CCOCC2)cc1. The highest BCUT2D eigenvalue weighted by atomic mass is 16.5. The summed E-state index contributed by atoms with van der Waals surface area (Å²) in [4.78, 5) is 14.7. The summed E-state index contributed by atoms with van der Waals surface area (Å²) in [7, 11) is 0. The molecule has 2 aromatic carbocycles. The molecular weight excluding hydrogens is 352 g/mol. The second-order valence-electron chi connectivity index (χ2n) is 7.02. The van der Waals surface area contributed by atoms with Gasteiger partial charge in [-0.2, -0.15) is 0 Å². The van der Waals surface area contributed by atoms with Crippen LogP contribution in [-0.4, -0.2) is 38.8 Å². The molecule has 1 saturated heterocycles. The minimum Gasteiger partial charge on any atom is -0.494 e. The molecule has 0 saturated carbocycles. The third-order valence-electron chi connectivity index (χ3n) is 5.04. The summed E-state index contributed by atoms with van der Waals surface area (Å²) in [6.45, 7) is 8.02. The van der Waals surface area contributed by atoms with Crippen molar-refractivity contribution in [1.82, 2.24) is 5.32 Å². The van der Waals surface area contributed by atoms with E-state index in [9.17, 15) is 4.79 Å². The molecule has 0 spiro atoms. The number of ether oxygens (including phenoxy) is 2. The summed E-state index contributed by atoms with van der Waals surface area (Å²) in [6, 6.07) is 16.3. The largest absolute Gasteiger partial charge is 0.494 e. The normalized spacial score (nSPS) is 15.1. The predicted octanol–water partition coefficient (Wildman–Crippen LogP) is 3.73. The standard InChI is InChI=1S/C23H30N2O3/c1-3-28-22-7-5-4-6-20(22)10-13-23(26)24-18(2)19-8-11-21(12-9-19)25-14-16-27-17-15-25/h4-9,11-12,18H,3,10,13-17H2,1-2H3,(H,24,26)/t18-/m0/s1. The molecule has 0 bridgehead atoms. The van der Waals surface area contributed by atoms with Crippen LogP contribution in [-0.2, 0) is 16.0 Å². The Morgan fingerprint density at radius 2 is 1.86 bits per heavy atom. The van der Waals surface area contributed by atoms with E-state index in [0.717, 1.165) is 43.2 Å². The maximum atomic E-state index is 12.4. The van der Waals surface area contributed by atoms with Gasteiger partial charge in [-0.15, -0.1) is 0 Å². The number of morpholine rings is 1. The molecule has 1 fully saturated rings. The van der Waals surface area contributed by atoms with E-state index in [1.165, 1.54) is 5.69 Å². The molecule has 2 aromatic rings. The lowest BCUT2D eigenvalue weighted by molar-refractivity contribution is -0.121. The van der Waals surface area contributed by atoms with E-state index >= 15 is 0 Å². The van der Waals surface area contributed by atoms with Crippen LogP contribution in [0.4, 0.5) is 5.69 Å². The minimum atomic E-state index is -0.0200. The Hall–Kier alpha value is -2.53. The molecule has 28 heavy (non-hydrogen) atoms. The number of carbonyl (C=O) groups is 1. The number of carbonyl (C=O) groups excluding carboxylic acids is 1. The maximum Gasteiger partial charge on any atom is 0.220 e. The summed E-state index contributed by atoms with van der Waals surface area (Å²) >= 11 is 0. The molecule has 1 aliphatic heterocycles. The van der Waals surface area contributed by atoms with Crippen LogP contribution in [0.15, 0.2) is 48.5 Å². The van der Waals surface area contributed by atoms with Crippen molar-refractivity contribution in [2.75, 3.05) is 37.8 Å². The van der Waals surface area contributed by atoms with Gasteiger partial charge in [0, 0.05) is 25.2 Å². The van der Waals surface area contributed by atoms with Crippen molar-refractivity contribution in [1.29, 1.82) is 0 Å². The first-order valence-corrected chi connectivity index (χ1v) is 10.1. The van der Waals surface area contributed by atoms with Crippen molar-refractivity contribution in [3.05, 3.63) is 59.7 Å². The maximum absolute atomic E-state index is 12.4. The number of aryl methyl sites for hydroxylation is 1. The van der Waals surface area contributed by atoms with Gasteiger partial charge in [-0.3, -0.25) is 4.79 Å². The molecule has 5 nitrogen and oxygen atoms in total. The molecule has 0 aliphatic carbocycles. The van der Waals surface area contributed by atoms with Gasteiger partial charge >= 0.3 is 0 Å². The molecule has 1 heterocycles. The molecule has 1 atom stereocenters. The first kappa shape index (κ1) is 20.2. The molecular formula is C23H30N2O3. The number of nitrogens with zero attached hydrogens (tertiary/aromatic N) is 1. The summed E-state index contributed by atoms with van der Waals surface area (Å²) < 4.78 is 11.0. The van der Waals surface area contributed by atoms with Gasteiger partial charge in [0.05, 0.1) is 25.9 Å². The van der Waals surface area contributed by atoms with Crippen molar-refractivity contribution < 1.29 is 14.3 Å². The van der Waals surface area contributed by atoms with Gasteiger partial charge in [0.15, 0.2) is 0 Å². The van der Waals surface area contributed by atoms with Gasteiger partial charge in [-0.25, -0.2) is 0 Å². The minimum absolute atomic E-state index is 0.0200. The number of nitrogens with one attached hydrogen (secondary N) is 1. The fourth-order valence-electron chi connectivity index (χ4n) is 3.45. The lowest BCUT2D eigenvalue weighted by Crippen LogP contribution is -2.36. The second-order valence-corrected chi connectivity index (χ2v) is 7.02. The number of benzene rings is 2. The number of hydrogen-bond donors (Lipinski definition) is 1. The average molecular weight is 383 g/mol. The zero-order valence-corrected chi connectivity index (χ0v) is 16.8. The number of para-hydroxylation sites is 1. The Balaban J connectivity index is 1.51. The van der Waals surface area contributed by atoms with Crippen LogP contribution in [0.2, 0.25) is 0 Å². The van der Waals surface area contributed by atoms with Crippen molar-refractivity contribution in [2.45, 2.75) is 32.7 Å². The van der Waals surface area contributed by atoms with Crippen LogP contribution in [0, 0.1) is 0 Å². The number of rotatable bonds is 8. The molecule has 1 aliphatic rings. The van der Waals surface area contributed by atoms with Crippen LogP contribution < -0.4 is 15.0 Å². The summed E-state index contributed by atoms with van der Waals surface area (Å²) in [5.41, 5.74) is 3.39. The molecule has 0 radical (unpaired) electrons. The highest BCUT2D eigenvalue weighted by Crippen LogP contribution is 2.21. The zero-order chi connectivity index (χ0) is 19.8. The summed E-state index contributed by atoms with van der Waals surface area (Å²) in [5, 5.41) is 3.10. The number of hydrogen-bond acceptors (Lipinski definition) is 4. The van der Waals surface area contributed by atoms with Gasteiger partial charge in [0.25, 0.3) is 0 Å². The molecule has 150 valence electrons. The van der Waals surface area contributed by atoms with Crippen LogP contribution in [0.1, 0.15) is 37.4 Å². The Kier molecular flexibility index (Phi) is 7.31. The van der Waals surface area contributed by atoms with Gasteiger partial charge < -0.3 is 19.7 Å². The van der Waals surface area contributed by atoms with Crippen molar-refractivity contribution in [3.63, 3.8) is 0 Å². The average Bonchev–Trinajstić information content (AvgIpc) is 2.74. The number of amides is 1. The van der Waals surface area contributed by atoms with Gasteiger partial charge in [-0.05, 0) is 49.6 Å². The van der Waals surface area contributed by atoms with E-state index in [2.05, 4.69) is 34.5 Å². The second kappa shape index (κ2) is 10.1. The molecule has 0 unspecified atom stereocenters.